The molecule has 7 nitrogen and oxygen atoms in total. The van der Waals surface area contributed by atoms with Crippen LogP contribution in [-0.2, 0) is 51.6 Å². The van der Waals surface area contributed by atoms with Crippen LogP contribution < -0.4 is 0 Å². The summed E-state index contributed by atoms with van der Waals surface area (Å²) in [6.45, 7) is 30.7. The highest BCUT2D eigenvalue weighted by molar-refractivity contribution is 5.74. The van der Waals surface area contributed by atoms with Gasteiger partial charge in [-0.05, 0) is 96.9 Å². The molecule has 314 valence electrons. The lowest BCUT2D eigenvalue weighted by atomic mass is 9.70. The average Bonchev–Trinajstić information content (AvgIpc) is 3.08. The van der Waals surface area contributed by atoms with Crippen LogP contribution in [0.4, 0.5) is 0 Å². The number of aromatic hydroxyl groups is 3. The van der Waals surface area contributed by atoms with Gasteiger partial charge < -0.3 is 24.8 Å². The topological polar surface area (TPSA) is 113 Å². The number of benzene rings is 4. The van der Waals surface area contributed by atoms with E-state index in [4.69, 9.17) is 9.47 Å². The van der Waals surface area contributed by atoms with E-state index in [1.54, 1.807) is 18.2 Å². The minimum absolute atomic E-state index is 0.0218. The number of carbonyl (C=O) groups is 2. The molecule has 0 aromatic heterocycles. The third-order valence-electron chi connectivity index (χ3n) is 11.6. The molecule has 4 rings (SSSR count). The molecule has 7 heteroatoms. The Morgan fingerprint density at radius 2 is 0.690 bits per heavy atom. The molecular formula is C51H68O7. The first kappa shape index (κ1) is 45.9. The average molecular weight is 793 g/mol. The number of hydrogen-bond donors (Lipinski definition) is 3. The molecule has 0 heterocycles. The molecule has 3 N–H and O–H groups in total. The Morgan fingerprint density at radius 3 is 0.966 bits per heavy atom. The maximum Gasteiger partial charge on any atom is 0.307 e. The van der Waals surface area contributed by atoms with Gasteiger partial charge in [-0.2, -0.15) is 0 Å². The fourth-order valence-corrected chi connectivity index (χ4v) is 7.95. The van der Waals surface area contributed by atoms with Crippen LogP contribution in [0.25, 0.3) is 0 Å². The van der Waals surface area contributed by atoms with Crippen molar-refractivity contribution in [2.45, 2.75) is 149 Å². The molecule has 4 aromatic rings. The number of phenols is 3. The maximum absolute atomic E-state index is 13.8. The van der Waals surface area contributed by atoms with Crippen LogP contribution in [0.3, 0.4) is 0 Å². The Balaban J connectivity index is 1.60. The highest BCUT2D eigenvalue weighted by atomic mass is 16.6. The molecule has 0 aliphatic heterocycles. The van der Waals surface area contributed by atoms with Gasteiger partial charge in [0.25, 0.3) is 0 Å². The summed E-state index contributed by atoms with van der Waals surface area (Å²) >= 11 is 0. The Bertz CT molecular complexity index is 1850. The number of rotatable bonds is 11. The summed E-state index contributed by atoms with van der Waals surface area (Å²) in [6.07, 6.45) is -0.0177. The molecule has 4 aromatic carbocycles. The van der Waals surface area contributed by atoms with Crippen molar-refractivity contribution in [1.29, 1.82) is 0 Å². The lowest BCUT2D eigenvalue weighted by Gasteiger charge is -2.34. The van der Waals surface area contributed by atoms with Crippen LogP contribution in [-0.4, -0.2) is 40.5 Å². The highest BCUT2D eigenvalue weighted by Crippen LogP contribution is 2.44. The van der Waals surface area contributed by atoms with E-state index in [2.05, 4.69) is 45.9 Å². The minimum atomic E-state index is -0.896. The maximum atomic E-state index is 13.8. The van der Waals surface area contributed by atoms with E-state index in [9.17, 15) is 24.9 Å². The first-order valence-electron chi connectivity index (χ1n) is 20.4. The summed E-state index contributed by atoms with van der Waals surface area (Å²) in [4.78, 5) is 27.5. The van der Waals surface area contributed by atoms with Crippen LogP contribution in [0, 0.1) is 6.92 Å². The molecule has 1 unspecified atom stereocenters. The second kappa shape index (κ2) is 16.5. The summed E-state index contributed by atoms with van der Waals surface area (Å²) in [5.41, 5.74) is 5.24. The normalized spacial score (nSPS) is 13.8. The summed E-state index contributed by atoms with van der Waals surface area (Å²) in [5, 5.41) is 32.4. The zero-order chi connectivity index (χ0) is 43.8. The summed E-state index contributed by atoms with van der Waals surface area (Å²) in [5.74, 6) is -0.357. The molecule has 0 radical (unpaired) electrons. The van der Waals surface area contributed by atoms with Gasteiger partial charge in [-0.25, -0.2) is 0 Å². The Labute approximate surface area is 347 Å². The van der Waals surface area contributed by atoms with E-state index in [1.807, 2.05) is 113 Å². The van der Waals surface area contributed by atoms with Crippen molar-refractivity contribution in [3.8, 4) is 17.2 Å². The number of ether oxygens (including phenoxy) is 2. The monoisotopic (exact) mass is 792 g/mol. The molecule has 0 aliphatic carbocycles. The summed E-state index contributed by atoms with van der Waals surface area (Å²) in [6, 6.07) is 22.8. The number of aryl methyl sites for hydroxylation is 1. The van der Waals surface area contributed by atoms with Gasteiger partial charge in [0, 0.05) is 10.8 Å². The van der Waals surface area contributed by atoms with Crippen LogP contribution >= 0.6 is 0 Å². The molecule has 0 spiro atoms. The third kappa shape index (κ3) is 10.3. The van der Waals surface area contributed by atoms with Gasteiger partial charge in [0.1, 0.15) is 30.5 Å². The van der Waals surface area contributed by atoms with Gasteiger partial charge in [0.05, 0.1) is 12.8 Å². The molecule has 0 aliphatic rings. The van der Waals surface area contributed by atoms with Gasteiger partial charge in [0.2, 0.25) is 0 Å². The SMILES string of the molecule is Cc1ccc(C(C)(CC(=O)OCCOC(=O)CC(C)(c2ccc(O)c(C(C)(C)C)c2)c2ccc(O)c(C(C)(C)C)c2)c2ccc(O)c(C(C)(C)C)c2)cc1C(C)(C)C. The van der Waals surface area contributed by atoms with Crippen molar-refractivity contribution in [3.63, 3.8) is 0 Å². The van der Waals surface area contributed by atoms with Gasteiger partial charge in [-0.3, -0.25) is 9.59 Å². The molecule has 0 saturated heterocycles. The zero-order valence-corrected chi connectivity index (χ0v) is 37.7. The number of phenolic OH excluding ortho intramolecular Hbond substituents is 3. The van der Waals surface area contributed by atoms with Crippen molar-refractivity contribution >= 4 is 11.9 Å². The standard InChI is InChI=1S/C51H68O7/c1-32-16-17-33(26-37(32)46(2,3)4)50(14,34-18-21-41(52)38(27-34)47(5,6)7)30-44(55)57-24-25-58-45(56)31-51(15,35-19-22-42(53)39(28-35)48(8,9)10)36-20-23-43(54)40(29-36)49(11,12)13/h16-23,26-29,52-54H,24-25,30-31H2,1-15H3. The summed E-state index contributed by atoms with van der Waals surface area (Å²) in [7, 11) is 0. The van der Waals surface area contributed by atoms with E-state index >= 15 is 0 Å². The fraction of sp³-hybridized carbons (Fsp3) is 0.490. The molecule has 0 fully saturated rings. The smallest absolute Gasteiger partial charge is 0.307 e. The van der Waals surface area contributed by atoms with Crippen LogP contribution in [0.1, 0.15) is 160 Å². The highest BCUT2D eigenvalue weighted by Gasteiger charge is 2.37. The van der Waals surface area contributed by atoms with Crippen molar-refractivity contribution < 1.29 is 34.4 Å². The zero-order valence-electron chi connectivity index (χ0n) is 37.7. The molecule has 0 saturated carbocycles. The molecule has 0 amide bonds. The molecule has 1 atom stereocenters. The van der Waals surface area contributed by atoms with E-state index in [0.717, 1.165) is 38.9 Å². The Morgan fingerprint density at radius 1 is 0.431 bits per heavy atom. The van der Waals surface area contributed by atoms with E-state index < -0.39 is 22.8 Å². The lowest BCUT2D eigenvalue weighted by molar-refractivity contribution is -0.153. The summed E-state index contributed by atoms with van der Waals surface area (Å²) < 4.78 is 11.5. The molecule has 0 bridgehead atoms. The number of carbonyl (C=O) groups excluding carboxylic acids is 2. The predicted molar refractivity (Wildman–Crippen MR) is 234 cm³/mol. The van der Waals surface area contributed by atoms with Crippen molar-refractivity contribution in [3.05, 3.63) is 123 Å². The Hall–Kier alpha value is -4.78. The fourth-order valence-electron chi connectivity index (χ4n) is 7.95. The first-order valence-corrected chi connectivity index (χ1v) is 20.4. The van der Waals surface area contributed by atoms with Crippen LogP contribution in [0.15, 0.2) is 72.8 Å². The lowest BCUT2D eigenvalue weighted by Crippen LogP contribution is -2.31. The van der Waals surface area contributed by atoms with Gasteiger partial charge in [-0.1, -0.05) is 152 Å². The van der Waals surface area contributed by atoms with Crippen LogP contribution in [0.2, 0.25) is 0 Å². The quantitative estimate of drug-likeness (QED) is 0.102. The minimum Gasteiger partial charge on any atom is -0.508 e. The number of hydrogen-bond acceptors (Lipinski definition) is 7. The first-order chi connectivity index (χ1) is 26.5. The van der Waals surface area contributed by atoms with Crippen molar-refractivity contribution in [1.82, 2.24) is 0 Å². The molecule has 58 heavy (non-hydrogen) atoms. The van der Waals surface area contributed by atoms with Gasteiger partial charge in [-0.15, -0.1) is 0 Å². The molecular weight excluding hydrogens is 725 g/mol. The van der Waals surface area contributed by atoms with E-state index in [0.29, 0.717) is 0 Å². The largest absolute Gasteiger partial charge is 0.508 e. The van der Waals surface area contributed by atoms with E-state index in [-0.39, 0.29) is 65.0 Å². The van der Waals surface area contributed by atoms with Gasteiger partial charge in [0.15, 0.2) is 0 Å². The van der Waals surface area contributed by atoms with Gasteiger partial charge >= 0.3 is 11.9 Å². The third-order valence-corrected chi connectivity index (χ3v) is 11.6. The van der Waals surface area contributed by atoms with Crippen molar-refractivity contribution in [2.75, 3.05) is 13.2 Å². The van der Waals surface area contributed by atoms with E-state index in [1.165, 1.54) is 11.1 Å². The second-order valence-electron chi connectivity index (χ2n) is 20.7. The van der Waals surface area contributed by atoms with Crippen molar-refractivity contribution in [2.24, 2.45) is 0 Å². The predicted octanol–water partition coefficient (Wildman–Crippen LogP) is 11.5. The second-order valence-corrected chi connectivity index (χ2v) is 20.7. The Kier molecular flexibility index (Phi) is 13.0. The number of esters is 2. The van der Waals surface area contributed by atoms with Crippen LogP contribution in [0.5, 0.6) is 17.2 Å².